The quantitative estimate of drug-likeness (QED) is 0.894. The number of carbonyl (C=O) groups excluding carboxylic acids is 1. The summed E-state index contributed by atoms with van der Waals surface area (Å²) in [5.74, 6) is 1.23. The number of fused-ring (bicyclic) bond motifs is 1. The van der Waals surface area contributed by atoms with Crippen molar-refractivity contribution >= 4 is 5.91 Å². The lowest BCUT2D eigenvalue weighted by atomic mass is 9.73. The van der Waals surface area contributed by atoms with Gasteiger partial charge < -0.3 is 15.8 Å². The molecule has 4 nitrogen and oxygen atoms in total. The highest BCUT2D eigenvalue weighted by atomic mass is 16.5. The first-order valence-corrected chi connectivity index (χ1v) is 7.91. The van der Waals surface area contributed by atoms with Gasteiger partial charge in [0, 0.05) is 13.0 Å². The second-order valence-electron chi connectivity index (χ2n) is 6.41. The van der Waals surface area contributed by atoms with Crippen LogP contribution >= 0.6 is 0 Å². The SMILES string of the molecule is CC1CCCCC1(CN)NC(=O)C1Cc2ccccc2O1. The zero-order chi connectivity index (χ0) is 14.9. The van der Waals surface area contributed by atoms with Crippen molar-refractivity contribution in [3.05, 3.63) is 29.8 Å². The van der Waals surface area contributed by atoms with Crippen LogP contribution in [0.4, 0.5) is 0 Å². The Morgan fingerprint density at radius 2 is 2.24 bits per heavy atom. The van der Waals surface area contributed by atoms with Crippen LogP contribution in [0.2, 0.25) is 0 Å². The summed E-state index contributed by atoms with van der Waals surface area (Å²) in [5.41, 5.74) is 6.86. The zero-order valence-electron chi connectivity index (χ0n) is 12.6. The Hall–Kier alpha value is -1.55. The van der Waals surface area contributed by atoms with Crippen LogP contribution in [0, 0.1) is 5.92 Å². The molecule has 1 aromatic carbocycles. The van der Waals surface area contributed by atoms with Crippen molar-refractivity contribution in [1.29, 1.82) is 0 Å². The molecular formula is C17H24N2O2. The molecule has 1 fully saturated rings. The van der Waals surface area contributed by atoms with Gasteiger partial charge in [-0.25, -0.2) is 0 Å². The van der Waals surface area contributed by atoms with Crippen LogP contribution < -0.4 is 15.8 Å². The number of benzene rings is 1. The third kappa shape index (κ3) is 2.64. The van der Waals surface area contributed by atoms with Gasteiger partial charge in [0.2, 0.25) is 0 Å². The summed E-state index contributed by atoms with van der Waals surface area (Å²) in [6.07, 6.45) is 4.69. The highest BCUT2D eigenvalue weighted by Crippen LogP contribution is 2.34. The fourth-order valence-electron chi connectivity index (χ4n) is 3.61. The van der Waals surface area contributed by atoms with Gasteiger partial charge in [-0.05, 0) is 30.4 Å². The molecule has 3 N–H and O–H groups in total. The highest BCUT2D eigenvalue weighted by molar-refractivity contribution is 5.83. The monoisotopic (exact) mass is 288 g/mol. The predicted molar refractivity (Wildman–Crippen MR) is 82.1 cm³/mol. The third-order valence-corrected chi connectivity index (χ3v) is 5.13. The number of nitrogens with two attached hydrogens (primary N) is 1. The third-order valence-electron chi connectivity index (χ3n) is 5.13. The van der Waals surface area contributed by atoms with Crippen LogP contribution in [0.5, 0.6) is 5.75 Å². The van der Waals surface area contributed by atoms with E-state index in [1.807, 2.05) is 24.3 Å². The van der Waals surface area contributed by atoms with E-state index in [-0.39, 0.29) is 11.4 Å². The summed E-state index contributed by atoms with van der Waals surface area (Å²) in [6, 6.07) is 7.85. The number of hydrogen-bond donors (Lipinski definition) is 2. The van der Waals surface area contributed by atoms with Crippen molar-refractivity contribution in [3.8, 4) is 5.75 Å². The molecule has 4 heteroatoms. The molecule has 114 valence electrons. The van der Waals surface area contributed by atoms with Gasteiger partial charge in [-0.2, -0.15) is 0 Å². The molecule has 3 unspecified atom stereocenters. The maximum Gasteiger partial charge on any atom is 0.261 e. The van der Waals surface area contributed by atoms with E-state index in [4.69, 9.17) is 10.5 Å². The van der Waals surface area contributed by atoms with Gasteiger partial charge in [-0.3, -0.25) is 4.79 Å². The maximum atomic E-state index is 12.6. The van der Waals surface area contributed by atoms with Crippen molar-refractivity contribution in [1.82, 2.24) is 5.32 Å². The molecular weight excluding hydrogens is 264 g/mol. The first kappa shape index (κ1) is 14.4. The van der Waals surface area contributed by atoms with Gasteiger partial charge in [0.05, 0.1) is 5.54 Å². The Bertz CT molecular complexity index is 506. The van der Waals surface area contributed by atoms with Crippen molar-refractivity contribution in [2.24, 2.45) is 11.7 Å². The molecule has 0 aromatic heterocycles. The average Bonchev–Trinajstić information content (AvgIpc) is 2.94. The lowest BCUT2D eigenvalue weighted by Crippen LogP contribution is -2.61. The lowest BCUT2D eigenvalue weighted by Gasteiger charge is -2.43. The number of hydrogen-bond acceptors (Lipinski definition) is 3. The number of rotatable bonds is 3. The van der Waals surface area contributed by atoms with Gasteiger partial charge in [-0.15, -0.1) is 0 Å². The summed E-state index contributed by atoms with van der Waals surface area (Å²) in [6.45, 7) is 2.69. The number of para-hydroxylation sites is 1. The second-order valence-corrected chi connectivity index (χ2v) is 6.41. The molecule has 0 bridgehead atoms. The Kier molecular flexibility index (Phi) is 3.89. The summed E-state index contributed by atoms with van der Waals surface area (Å²) in [5, 5.41) is 3.22. The van der Waals surface area contributed by atoms with E-state index < -0.39 is 6.10 Å². The Balaban J connectivity index is 1.69. The van der Waals surface area contributed by atoms with Crippen molar-refractivity contribution in [3.63, 3.8) is 0 Å². The zero-order valence-corrected chi connectivity index (χ0v) is 12.6. The minimum Gasteiger partial charge on any atom is -0.480 e. The van der Waals surface area contributed by atoms with Crippen LogP contribution in [0.25, 0.3) is 0 Å². The standard InChI is InChI=1S/C17H24N2O2/c1-12-6-4-5-9-17(12,11-18)19-16(20)15-10-13-7-2-3-8-14(13)21-15/h2-3,7-8,12,15H,4-6,9-11,18H2,1H3,(H,19,20). The average molecular weight is 288 g/mol. The van der Waals surface area contributed by atoms with E-state index in [9.17, 15) is 4.79 Å². The molecule has 21 heavy (non-hydrogen) atoms. The van der Waals surface area contributed by atoms with Crippen molar-refractivity contribution in [2.45, 2.75) is 50.7 Å². The molecule has 1 amide bonds. The number of carbonyl (C=O) groups is 1. The topological polar surface area (TPSA) is 64.3 Å². The highest BCUT2D eigenvalue weighted by Gasteiger charge is 2.40. The van der Waals surface area contributed by atoms with E-state index in [1.54, 1.807) is 0 Å². The minimum absolute atomic E-state index is 0.0228. The molecule has 1 saturated carbocycles. The fraction of sp³-hybridized carbons (Fsp3) is 0.588. The summed E-state index contributed by atoms with van der Waals surface area (Å²) < 4.78 is 5.78. The summed E-state index contributed by atoms with van der Waals surface area (Å²) in [7, 11) is 0. The Morgan fingerprint density at radius 3 is 2.95 bits per heavy atom. The van der Waals surface area contributed by atoms with E-state index in [0.29, 0.717) is 18.9 Å². The number of nitrogens with one attached hydrogen (secondary N) is 1. The fourth-order valence-corrected chi connectivity index (χ4v) is 3.61. The molecule has 0 saturated heterocycles. The number of amides is 1. The molecule has 3 rings (SSSR count). The predicted octanol–water partition coefficient (Wildman–Crippen LogP) is 2.01. The van der Waals surface area contributed by atoms with Gasteiger partial charge in [0.15, 0.2) is 6.10 Å². The first-order valence-electron chi connectivity index (χ1n) is 7.91. The largest absolute Gasteiger partial charge is 0.480 e. The van der Waals surface area contributed by atoms with Gasteiger partial charge in [-0.1, -0.05) is 38.0 Å². The van der Waals surface area contributed by atoms with Crippen LogP contribution in [-0.2, 0) is 11.2 Å². The lowest BCUT2D eigenvalue weighted by molar-refractivity contribution is -0.130. The molecule has 3 atom stereocenters. The number of ether oxygens (including phenoxy) is 1. The van der Waals surface area contributed by atoms with E-state index >= 15 is 0 Å². The van der Waals surface area contributed by atoms with E-state index in [0.717, 1.165) is 30.6 Å². The normalized spacial score (nSPS) is 31.3. The smallest absolute Gasteiger partial charge is 0.261 e. The van der Waals surface area contributed by atoms with E-state index in [1.165, 1.54) is 6.42 Å². The van der Waals surface area contributed by atoms with Crippen molar-refractivity contribution < 1.29 is 9.53 Å². The molecule has 1 aliphatic heterocycles. The molecule has 1 aromatic rings. The first-order chi connectivity index (χ1) is 10.1. The molecule has 0 radical (unpaired) electrons. The van der Waals surface area contributed by atoms with Crippen LogP contribution in [0.15, 0.2) is 24.3 Å². The van der Waals surface area contributed by atoms with E-state index in [2.05, 4.69) is 12.2 Å². The van der Waals surface area contributed by atoms with Crippen molar-refractivity contribution in [2.75, 3.05) is 6.54 Å². The summed E-state index contributed by atoms with van der Waals surface area (Å²) >= 11 is 0. The molecule has 2 aliphatic rings. The molecule has 1 heterocycles. The Labute approximate surface area is 126 Å². The summed E-state index contributed by atoms with van der Waals surface area (Å²) in [4.78, 5) is 12.6. The van der Waals surface area contributed by atoms with Crippen LogP contribution in [0.1, 0.15) is 38.2 Å². The molecule has 1 aliphatic carbocycles. The van der Waals surface area contributed by atoms with Gasteiger partial charge in [0.25, 0.3) is 5.91 Å². The van der Waals surface area contributed by atoms with Gasteiger partial charge >= 0.3 is 0 Å². The van der Waals surface area contributed by atoms with Crippen LogP contribution in [-0.4, -0.2) is 24.1 Å². The van der Waals surface area contributed by atoms with Gasteiger partial charge in [0.1, 0.15) is 5.75 Å². The van der Waals surface area contributed by atoms with Crippen LogP contribution in [0.3, 0.4) is 0 Å². The minimum atomic E-state index is -0.417. The molecule has 0 spiro atoms. The second kappa shape index (κ2) is 5.68. The maximum absolute atomic E-state index is 12.6. The Morgan fingerprint density at radius 1 is 1.43 bits per heavy atom.